The predicted molar refractivity (Wildman–Crippen MR) is 149 cm³/mol. The highest BCUT2D eigenvalue weighted by Gasteiger charge is 2.76. The van der Waals surface area contributed by atoms with Crippen LogP contribution in [0, 0.1) is 11.8 Å². The van der Waals surface area contributed by atoms with Crippen molar-refractivity contribution in [2.24, 2.45) is 11.8 Å². The van der Waals surface area contributed by atoms with Gasteiger partial charge in [-0.15, -0.1) is 18.3 Å². The Morgan fingerprint density at radius 3 is 2.76 bits per heavy atom. The number of likely N-dealkylation sites (tertiary alicyclic amines) is 1. The molecule has 37 heavy (non-hydrogen) atoms. The Morgan fingerprint density at radius 2 is 2.05 bits per heavy atom. The van der Waals surface area contributed by atoms with Gasteiger partial charge in [0, 0.05) is 35.5 Å². The van der Waals surface area contributed by atoms with Crippen LogP contribution in [0.5, 0.6) is 0 Å². The van der Waals surface area contributed by atoms with Crippen LogP contribution in [0.15, 0.2) is 55.1 Å². The zero-order valence-electron chi connectivity index (χ0n) is 20.7. The number of nitrogens with zero attached hydrogens (tertiary/aromatic N) is 2. The number of amides is 2. The summed E-state index contributed by atoms with van der Waals surface area (Å²) in [5.41, 5.74) is 0.730. The van der Waals surface area contributed by atoms with E-state index in [-0.39, 0.29) is 54.2 Å². The molecule has 2 bridgehead atoms. The first-order valence-corrected chi connectivity index (χ1v) is 14.5. The smallest absolute Gasteiger partial charge is 0.310 e. The van der Waals surface area contributed by atoms with Crippen LogP contribution in [0.4, 0.5) is 5.69 Å². The summed E-state index contributed by atoms with van der Waals surface area (Å²) in [5.74, 6) is -2.02. The maximum absolute atomic E-state index is 14.5. The van der Waals surface area contributed by atoms with Gasteiger partial charge in [-0.25, -0.2) is 0 Å². The number of benzene rings is 2. The molecule has 1 spiro atoms. The molecule has 3 aliphatic rings. The van der Waals surface area contributed by atoms with Crippen molar-refractivity contribution in [1.82, 2.24) is 4.90 Å². The van der Waals surface area contributed by atoms with Crippen LogP contribution in [-0.2, 0) is 19.1 Å². The minimum atomic E-state index is -0.766. The van der Waals surface area contributed by atoms with E-state index in [2.05, 4.69) is 22.5 Å². The van der Waals surface area contributed by atoms with Crippen molar-refractivity contribution in [1.29, 1.82) is 0 Å². The van der Waals surface area contributed by atoms with Crippen LogP contribution >= 0.6 is 27.7 Å². The maximum Gasteiger partial charge on any atom is 0.310 e. The molecular formula is C28H31BrN2O5S. The van der Waals surface area contributed by atoms with E-state index in [9.17, 15) is 19.5 Å². The van der Waals surface area contributed by atoms with Crippen LogP contribution in [-0.4, -0.2) is 75.0 Å². The van der Waals surface area contributed by atoms with Crippen LogP contribution in [0.25, 0.3) is 10.8 Å². The summed E-state index contributed by atoms with van der Waals surface area (Å²) in [4.78, 5) is 44.8. The molecule has 3 saturated heterocycles. The number of ether oxygens (including phenoxy) is 1. The summed E-state index contributed by atoms with van der Waals surface area (Å²) in [7, 11) is 0. The minimum absolute atomic E-state index is 0.0161. The monoisotopic (exact) mass is 586 g/mol. The number of fused-ring (bicyclic) bond motifs is 2. The number of aliphatic hydroxyl groups excluding tert-OH is 1. The van der Waals surface area contributed by atoms with Gasteiger partial charge in [0.05, 0.1) is 23.2 Å². The number of thioether (sulfide) groups is 1. The Balaban J connectivity index is 1.58. The van der Waals surface area contributed by atoms with E-state index in [1.54, 1.807) is 34.6 Å². The van der Waals surface area contributed by atoms with Crippen LogP contribution in [0.3, 0.4) is 0 Å². The molecule has 3 fully saturated rings. The molecule has 7 nitrogen and oxygen atoms in total. The van der Waals surface area contributed by atoms with Crippen LogP contribution < -0.4 is 4.90 Å². The molecule has 2 aromatic carbocycles. The van der Waals surface area contributed by atoms with Crippen molar-refractivity contribution in [2.75, 3.05) is 31.2 Å². The first-order chi connectivity index (χ1) is 17.9. The van der Waals surface area contributed by atoms with Crippen molar-refractivity contribution in [3.8, 4) is 0 Å². The topological polar surface area (TPSA) is 87.2 Å². The molecule has 2 amide bonds. The minimum Gasteiger partial charge on any atom is -0.466 e. The van der Waals surface area contributed by atoms with E-state index in [0.29, 0.717) is 12.8 Å². The van der Waals surface area contributed by atoms with Crippen molar-refractivity contribution in [3.63, 3.8) is 0 Å². The molecule has 1 N–H and O–H groups in total. The molecule has 196 valence electrons. The highest BCUT2D eigenvalue weighted by molar-refractivity contribution is 9.09. The second kappa shape index (κ2) is 10.4. The Hall–Kier alpha value is -2.36. The van der Waals surface area contributed by atoms with Gasteiger partial charge in [-0.05, 0) is 42.7 Å². The van der Waals surface area contributed by atoms with E-state index in [0.717, 1.165) is 16.5 Å². The summed E-state index contributed by atoms with van der Waals surface area (Å²) in [5, 5.41) is 11.5. The standard InChI is InChI=1S/C28H31BrN2O5S/c1-3-12-30(19-11-10-17-8-5-6-9-18(17)15-19)26(34)24-28-16-20(29)23(37-28)21(27(35)36-4-2)22(28)25(33)31(24)13-7-14-32/h3,5-6,8-11,15,20-24,32H,1,4,7,12-14,16H2,2H3/t20?,21-,22-,23-,24?,28?/m0/s1. The fourth-order valence-corrected chi connectivity index (χ4v) is 9.94. The largest absolute Gasteiger partial charge is 0.466 e. The van der Waals surface area contributed by atoms with Gasteiger partial charge in [0.2, 0.25) is 5.91 Å². The van der Waals surface area contributed by atoms with Gasteiger partial charge in [0.15, 0.2) is 0 Å². The molecule has 6 atom stereocenters. The fraction of sp³-hybridized carbons (Fsp3) is 0.464. The summed E-state index contributed by atoms with van der Waals surface area (Å²) in [6.07, 6.45) is 2.64. The molecule has 3 aliphatic heterocycles. The lowest BCUT2D eigenvalue weighted by molar-refractivity contribution is -0.153. The zero-order chi connectivity index (χ0) is 26.3. The average molecular weight is 588 g/mol. The zero-order valence-corrected chi connectivity index (χ0v) is 23.1. The van der Waals surface area contributed by atoms with Gasteiger partial charge in [-0.3, -0.25) is 14.4 Å². The van der Waals surface area contributed by atoms with E-state index >= 15 is 0 Å². The highest BCUT2D eigenvalue weighted by atomic mass is 79.9. The van der Waals surface area contributed by atoms with Crippen molar-refractivity contribution < 1.29 is 24.2 Å². The number of alkyl halides is 1. The summed E-state index contributed by atoms with van der Waals surface area (Å²) in [6, 6.07) is 13.1. The van der Waals surface area contributed by atoms with Gasteiger partial charge in [0.25, 0.3) is 5.91 Å². The van der Waals surface area contributed by atoms with Crippen molar-refractivity contribution >= 4 is 61.9 Å². The van der Waals surface area contributed by atoms with Gasteiger partial charge < -0.3 is 19.6 Å². The van der Waals surface area contributed by atoms with Gasteiger partial charge in [0.1, 0.15) is 6.04 Å². The molecule has 0 radical (unpaired) electrons. The normalized spacial score (nSPS) is 30.0. The number of carbonyl (C=O) groups is 3. The van der Waals surface area contributed by atoms with E-state index < -0.39 is 22.6 Å². The molecular weight excluding hydrogens is 556 g/mol. The Morgan fingerprint density at radius 1 is 1.30 bits per heavy atom. The Bertz CT molecular complexity index is 1240. The number of rotatable bonds is 9. The number of halogens is 1. The molecule has 3 heterocycles. The molecule has 9 heteroatoms. The highest BCUT2D eigenvalue weighted by Crippen LogP contribution is 2.68. The predicted octanol–water partition coefficient (Wildman–Crippen LogP) is 3.77. The van der Waals surface area contributed by atoms with Crippen LogP contribution in [0.2, 0.25) is 0 Å². The fourth-order valence-electron chi connectivity index (χ4n) is 6.34. The second-order valence-corrected chi connectivity index (χ2v) is 12.5. The van der Waals surface area contributed by atoms with Crippen molar-refractivity contribution in [2.45, 2.75) is 40.6 Å². The van der Waals surface area contributed by atoms with Gasteiger partial charge in [-0.2, -0.15) is 0 Å². The molecule has 3 unspecified atom stereocenters. The summed E-state index contributed by atoms with van der Waals surface area (Å²) >= 11 is 5.34. The number of hydrogen-bond donors (Lipinski definition) is 1. The van der Waals surface area contributed by atoms with Crippen molar-refractivity contribution in [3.05, 3.63) is 55.1 Å². The quantitative estimate of drug-likeness (QED) is 0.273. The molecule has 0 saturated carbocycles. The molecule has 5 rings (SSSR count). The lowest BCUT2D eigenvalue weighted by Crippen LogP contribution is -2.55. The first kappa shape index (κ1) is 26.3. The molecule has 0 aromatic heterocycles. The third-order valence-corrected chi connectivity index (χ3v) is 11.0. The number of hydrogen-bond acceptors (Lipinski definition) is 6. The SMILES string of the molecule is C=CCN(C(=O)C1N(CCCO)C(=O)[C@@H]2[C@H](C(=O)OCC)[C@H]3SC12CC3Br)c1ccc2ccccc2c1. The number of aliphatic hydroxyl groups is 1. The van der Waals surface area contributed by atoms with Gasteiger partial charge >= 0.3 is 5.97 Å². The lowest BCUT2D eigenvalue weighted by atomic mass is 9.71. The number of carbonyl (C=O) groups excluding carboxylic acids is 3. The number of esters is 1. The second-order valence-electron chi connectivity index (χ2n) is 9.79. The van der Waals surface area contributed by atoms with E-state index in [1.165, 1.54) is 0 Å². The number of anilines is 1. The summed E-state index contributed by atoms with van der Waals surface area (Å²) < 4.78 is 4.64. The Kier molecular flexibility index (Phi) is 7.40. The molecule has 2 aromatic rings. The first-order valence-electron chi connectivity index (χ1n) is 12.7. The molecule has 0 aliphatic carbocycles. The van der Waals surface area contributed by atoms with E-state index in [4.69, 9.17) is 4.74 Å². The summed E-state index contributed by atoms with van der Waals surface area (Å²) in [6.45, 7) is 6.30. The van der Waals surface area contributed by atoms with Crippen LogP contribution in [0.1, 0.15) is 19.8 Å². The Labute approximate surface area is 229 Å². The maximum atomic E-state index is 14.5. The average Bonchev–Trinajstić information content (AvgIpc) is 3.48. The lowest BCUT2D eigenvalue weighted by Gasteiger charge is -2.37. The van der Waals surface area contributed by atoms with Gasteiger partial charge in [-0.1, -0.05) is 52.3 Å². The van der Waals surface area contributed by atoms with E-state index in [1.807, 2.05) is 42.5 Å². The third-order valence-electron chi connectivity index (χ3n) is 7.76. The third kappa shape index (κ3) is 4.19.